The number of rotatable bonds is 6. The third-order valence-electron chi connectivity index (χ3n) is 3.82. The van der Waals surface area contributed by atoms with Crippen LogP contribution in [0.15, 0.2) is 0 Å². The van der Waals surface area contributed by atoms with E-state index in [2.05, 4.69) is 5.32 Å². The first-order chi connectivity index (χ1) is 7.84. The van der Waals surface area contributed by atoms with Gasteiger partial charge in [-0.25, -0.2) is 0 Å². The number of ether oxygens (including phenoxy) is 1. The zero-order valence-corrected chi connectivity index (χ0v) is 10.2. The molecule has 2 rings (SSSR count). The average Bonchev–Trinajstić information content (AvgIpc) is 2.96. The summed E-state index contributed by atoms with van der Waals surface area (Å²) in [5, 5.41) is 13.2. The van der Waals surface area contributed by atoms with Crippen molar-refractivity contribution in [1.82, 2.24) is 5.32 Å². The molecule has 0 unspecified atom stereocenters. The lowest BCUT2D eigenvalue weighted by Gasteiger charge is -2.18. The van der Waals surface area contributed by atoms with E-state index in [0.29, 0.717) is 25.3 Å². The highest BCUT2D eigenvalue weighted by molar-refractivity contribution is 4.75. The second kappa shape index (κ2) is 6.58. The summed E-state index contributed by atoms with van der Waals surface area (Å²) in [6, 6.07) is 0.640. The normalized spacial score (nSPS) is 25.3. The van der Waals surface area contributed by atoms with Crippen molar-refractivity contribution >= 4 is 0 Å². The van der Waals surface area contributed by atoms with Crippen LogP contribution in [0.5, 0.6) is 0 Å². The Hall–Kier alpha value is -0.120. The van der Waals surface area contributed by atoms with Gasteiger partial charge in [0.15, 0.2) is 0 Å². The van der Waals surface area contributed by atoms with Crippen molar-refractivity contribution in [2.24, 2.45) is 0 Å². The summed E-state index contributed by atoms with van der Waals surface area (Å²) in [5.74, 6) is 0. The zero-order chi connectivity index (χ0) is 11.2. The molecule has 0 aromatic heterocycles. The largest absolute Gasteiger partial charge is 0.389 e. The van der Waals surface area contributed by atoms with Crippen molar-refractivity contribution in [3.8, 4) is 0 Å². The van der Waals surface area contributed by atoms with E-state index < -0.39 is 0 Å². The first kappa shape index (κ1) is 12.3. The third-order valence-corrected chi connectivity index (χ3v) is 3.82. The fraction of sp³-hybridized carbons (Fsp3) is 1.00. The van der Waals surface area contributed by atoms with E-state index in [4.69, 9.17) is 4.74 Å². The van der Waals surface area contributed by atoms with E-state index in [0.717, 1.165) is 0 Å². The molecular formula is C13H25NO2. The van der Waals surface area contributed by atoms with Crippen LogP contribution in [0.2, 0.25) is 0 Å². The van der Waals surface area contributed by atoms with E-state index in [1.54, 1.807) is 0 Å². The Balaban J connectivity index is 1.51. The first-order valence-corrected chi connectivity index (χ1v) is 6.87. The van der Waals surface area contributed by atoms with Crippen molar-refractivity contribution in [1.29, 1.82) is 0 Å². The van der Waals surface area contributed by atoms with Gasteiger partial charge in [0.2, 0.25) is 0 Å². The Kier molecular flexibility index (Phi) is 5.07. The molecule has 2 fully saturated rings. The summed E-state index contributed by atoms with van der Waals surface area (Å²) in [5.41, 5.74) is 0. The second-order valence-electron chi connectivity index (χ2n) is 5.28. The molecule has 0 saturated heterocycles. The molecule has 2 aliphatic rings. The molecule has 16 heavy (non-hydrogen) atoms. The van der Waals surface area contributed by atoms with E-state index in [-0.39, 0.29) is 6.10 Å². The van der Waals surface area contributed by atoms with Crippen LogP contribution in [0.1, 0.15) is 51.4 Å². The van der Waals surface area contributed by atoms with Crippen LogP contribution in [0.25, 0.3) is 0 Å². The number of aliphatic hydroxyl groups is 1. The lowest BCUT2D eigenvalue weighted by molar-refractivity contribution is -0.00617. The van der Waals surface area contributed by atoms with E-state index >= 15 is 0 Å². The Bertz CT molecular complexity index is 166. The lowest BCUT2D eigenvalue weighted by atomic mass is 10.2. The van der Waals surface area contributed by atoms with Crippen LogP contribution in [-0.2, 0) is 4.74 Å². The molecule has 2 N–H and O–H groups in total. The molecule has 0 aromatic rings. The van der Waals surface area contributed by atoms with Crippen LogP contribution in [-0.4, -0.2) is 36.5 Å². The molecule has 0 aromatic carbocycles. The number of hydrogen-bond acceptors (Lipinski definition) is 3. The number of hydrogen-bond donors (Lipinski definition) is 2. The topological polar surface area (TPSA) is 41.5 Å². The number of nitrogens with one attached hydrogen (secondary N) is 1. The van der Waals surface area contributed by atoms with Gasteiger partial charge in [-0.1, -0.05) is 25.7 Å². The minimum absolute atomic E-state index is 0.332. The summed E-state index contributed by atoms with van der Waals surface area (Å²) < 4.78 is 5.69. The summed E-state index contributed by atoms with van der Waals surface area (Å²) in [7, 11) is 0. The second-order valence-corrected chi connectivity index (χ2v) is 5.28. The maximum Gasteiger partial charge on any atom is 0.0897 e. The van der Waals surface area contributed by atoms with Gasteiger partial charge >= 0.3 is 0 Å². The van der Waals surface area contributed by atoms with Gasteiger partial charge in [-0.3, -0.25) is 0 Å². The van der Waals surface area contributed by atoms with Crippen molar-refractivity contribution < 1.29 is 9.84 Å². The Morgan fingerprint density at radius 1 is 1.06 bits per heavy atom. The minimum Gasteiger partial charge on any atom is -0.389 e. The van der Waals surface area contributed by atoms with Crippen LogP contribution in [0.4, 0.5) is 0 Å². The molecule has 94 valence electrons. The van der Waals surface area contributed by atoms with Crippen molar-refractivity contribution in [2.45, 2.75) is 69.6 Å². The van der Waals surface area contributed by atoms with Gasteiger partial charge in [-0.05, 0) is 25.7 Å². The maximum absolute atomic E-state index is 9.78. The highest BCUT2D eigenvalue weighted by atomic mass is 16.5. The van der Waals surface area contributed by atoms with Gasteiger partial charge in [-0.2, -0.15) is 0 Å². The predicted molar refractivity (Wildman–Crippen MR) is 64.5 cm³/mol. The van der Waals surface area contributed by atoms with Gasteiger partial charge in [0.25, 0.3) is 0 Å². The van der Waals surface area contributed by atoms with Gasteiger partial charge in [0.1, 0.15) is 0 Å². The summed E-state index contributed by atoms with van der Waals surface area (Å²) in [6.07, 6.45) is 10.3. The Morgan fingerprint density at radius 2 is 1.69 bits per heavy atom. The van der Waals surface area contributed by atoms with Crippen LogP contribution < -0.4 is 5.32 Å². The first-order valence-electron chi connectivity index (χ1n) is 6.87. The summed E-state index contributed by atoms with van der Waals surface area (Å²) in [4.78, 5) is 0. The predicted octanol–water partition coefficient (Wildman–Crippen LogP) is 1.84. The quantitative estimate of drug-likeness (QED) is 0.727. The van der Waals surface area contributed by atoms with Gasteiger partial charge in [-0.15, -0.1) is 0 Å². The molecule has 2 saturated carbocycles. The standard InChI is InChI=1S/C13H25NO2/c15-12(9-14-11-5-1-2-6-11)10-16-13-7-3-4-8-13/h11-15H,1-10H2/t12-/m1/s1. The zero-order valence-electron chi connectivity index (χ0n) is 10.2. The maximum atomic E-state index is 9.78. The van der Waals surface area contributed by atoms with Crippen molar-refractivity contribution in [3.63, 3.8) is 0 Å². The van der Waals surface area contributed by atoms with Gasteiger partial charge in [0, 0.05) is 12.6 Å². The molecule has 0 aliphatic heterocycles. The minimum atomic E-state index is -0.332. The monoisotopic (exact) mass is 227 g/mol. The number of aliphatic hydroxyl groups excluding tert-OH is 1. The van der Waals surface area contributed by atoms with E-state index in [1.807, 2.05) is 0 Å². The molecule has 2 aliphatic carbocycles. The Morgan fingerprint density at radius 3 is 2.38 bits per heavy atom. The molecule has 3 nitrogen and oxygen atoms in total. The molecule has 0 spiro atoms. The van der Waals surface area contributed by atoms with Crippen LogP contribution in [0.3, 0.4) is 0 Å². The molecule has 0 radical (unpaired) electrons. The molecule has 3 heteroatoms. The highest BCUT2D eigenvalue weighted by Crippen LogP contribution is 2.21. The Labute approximate surface area is 98.6 Å². The van der Waals surface area contributed by atoms with E-state index in [9.17, 15) is 5.11 Å². The van der Waals surface area contributed by atoms with Crippen LogP contribution >= 0.6 is 0 Å². The molecule has 1 atom stereocenters. The average molecular weight is 227 g/mol. The summed E-state index contributed by atoms with van der Waals surface area (Å²) >= 11 is 0. The molecular weight excluding hydrogens is 202 g/mol. The summed E-state index contributed by atoms with van der Waals surface area (Å²) in [6.45, 7) is 1.20. The van der Waals surface area contributed by atoms with Gasteiger partial charge in [0.05, 0.1) is 18.8 Å². The van der Waals surface area contributed by atoms with Crippen molar-refractivity contribution in [3.05, 3.63) is 0 Å². The molecule has 0 bridgehead atoms. The third kappa shape index (κ3) is 4.04. The lowest BCUT2D eigenvalue weighted by Crippen LogP contribution is -2.36. The van der Waals surface area contributed by atoms with Crippen LogP contribution in [0, 0.1) is 0 Å². The molecule has 0 heterocycles. The highest BCUT2D eigenvalue weighted by Gasteiger charge is 2.18. The smallest absolute Gasteiger partial charge is 0.0897 e. The van der Waals surface area contributed by atoms with E-state index in [1.165, 1.54) is 51.4 Å². The fourth-order valence-corrected chi connectivity index (χ4v) is 2.79. The molecule has 0 amide bonds. The SMILES string of the molecule is O[C@H](CNC1CCCC1)COC1CCCC1. The van der Waals surface area contributed by atoms with Crippen molar-refractivity contribution in [2.75, 3.05) is 13.2 Å². The van der Waals surface area contributed by atoms with Gasteiger partial charge < -0.3 is 15.2 Å². The fourth-order valence-electron chi connectivity index (χ4n) is 2.79.